The molecule has 0 amide bonds. The van der Waals surface area contributed by atoms with Crippen molar-refractivity contribution in [2.24, 2.45) is 0 Å². The Morgan fingerprint density at radius 1 is 1.30 bits per heavy atom. The third-order valence-corrected chi connectivity index (χ3v) is 2.81. The lowest BCUT2D eigenvalue weighted by atomic mass is 10.1. The lowest BCUT2D eigenvalue weighted by Crippen LogP contribution is -2.23. The van der Waals surface area contributed by atoms with Crippen molar-refractivity contribution >= 4 is 5.69 Å². The zero-order chi connectivity index (χ0) is 14.8. The molecule has 1 fully saturated rings. The van der Waals surface area contributed by atoms with E-state index in [0.717, 1.165) is 25.0 Å². The predicted octanol–water partition coefficient (Wildman–Crippen LogP) is 2.01. The Hall–Kier alpha value is -1.47. The lowest BCUT2D eigenvalue weighted by molar-refractivity contribution is -0.137. The summed E-state index contributed by atoms with van der Waals surface area (Å²) in [5.41, 5.74) is -0.611. The number of ether oxygens (including phenoxy) is 1. The third kappa shape index (κ3) is 4.28. The van der Waals surface area contributed by atoms with E-state index in [-0.39, 0.29) is 24.1 Å². The van der Waals surface area contributed by atoms with Crippen molar-refractivity contribution in [1.82, 2.24) is 0 Å². The van der Waals surface area contributed by atoms with Crippen LogP contribution in [0.25, 0.3) is 0 Å². The molecule has 1 atom stereocenters. The maximum atomic E-state index is 12.8. The van der Waals surface area contributed by atoms with Crippen LogP contribution in [0.1, 0.15) is 18.4 Å². The zero-order valence-electron chi connectivity index (χ0n) is 10.7. The summed E-state index contributed by atoms with van der Waals surface area (Å²) in [5, 5.41) is 20.5. The summed E-state index contributed by atoms with van der Waals surface area (Å²) in [6.07, 6.45) is -3.80. The molecule has 20 heavy (non-hydrogen) atoms. The second-order valence-corrected chi connectivity index (χ2v) is 4.78. The van der Waals surface area contributed by atoms with Crippen molar-refractivity contribution in [2.75, 3.05) is 18.5 Å². The van der Waals surface area contributed by atoms with Crippen molar-refractivity contribution in [3.8, 4) is 5.75 Å². The minimum absolute atomic E-state index is 0.00522. The summed E-state index contributed by atoms with van der Waals surface area (Å²) >= 11 is 0. The average Bonchev–Trinajstić information content (AvgIpc) is 3.18. The van der Waals surface area contributed by atoms with Crippen LogP contribution in [0.3, 0.4) is 0 Å². The van der Waals surface area contributed by atoms with Crippen LogP contribution in [0.15, 0.2) is 18.2 Å². The standard InChI is InChI=1S/C13H16F3NO3/c14-13(15,16)8-3-9(17-6-10(19)7-18)5-12(4-8)20-11-1-2-11/h3-5,10-11,17-19H,1-2,6-7H2. The molecule has 1 aromatic carbocycles. The Morgan fingerprint density at radius 3 is 2.55 bits per heavy atom. The molecule has 1 saturated carbocycles. The second-order valence-electron chi connectivity index (χ2n) is 4.78. The first-order valence-electron chi connectivity index (χ1n) is 6.30. The Balaban J connectivity index is 2.15. The van der Waals surface area contributed by atoms with Crippen LogP contribution in [0.2, 0.25) is 0 Å². The number of aliphatic hydroxyl groups excluding tert-OH is 2. The van der Waals surface area contributed by atoms with E-state index in [4.69, 9.17) is 9.84 Å². The van der Waals surface area contributed by atoms with Crippen molar-refractivity contribution in [3.63, 3.8) is 0 Å². The van der Waals surface area contributed by atoms with E-state index < -0.39 is 24.5 Å². The van der Waals surface area contributed by atoms with Crippen molar-refractivity contribution < 1.29 is 28.1 Å². The number of hydrogen-bond acceptors (Lipinski definition) is 4. The van der Waals surface area contributed by atoms with E-state index in [1.54, 1.807) is 0 Å². The molecule has 0 spiro atoms. The van der Waals surface area contributed by atoms with E-state index in [2.05, 4.69) is 5.32 Å². The maximum Gasteiger partial charge on any atom is 0.416 e. The normalized spacial score (nSPS) is 16.9. The highest BCUT2D eigenvalue weighted by Gasteiger charge is 2.32. The summed E-state index contributed by atoms with van der Waals surface area (Å²) in [6, 6.07) is 3.37. The molecule has 1 aliphatic carbocycles. The van der Waals surface area contributed by atoms with Crippen LogP contribution in [-0.2, 0) is 6.18 Å². The Kier molecular flexibility index (Phi) is 4.39. The van der Waals surface area contributed by atoms with Crippen LogP contribution < -0.4 is 10.1 Å². The summed E-state index contributed by atoms with van der Waals surface area (Å²) in [7, 11) is 0. The molecular weight excluding hydrogens is 275 g/mol. The molecule has 112 valence electrons. The fourth-order valence-corrected chi connectivity index (χ4v) is 1.61. The molecule has 2 rings (SSSR count). The minimum Gasteiger partial charge on any atom is -0.490 e. The Morgan fingerprint density at radius 2 is 2.00 bits per heavy atom. The van der Waals surface area contributed by atoms with Crippen LogP contribution >= 0.6 is 0 Å². The Bertz CT molecular complexity index is 461. The fourth-order valence-electron chi connectivity index (χ4n) is 1.61. The van der Waals surface area contributed by atoms with Crippen LogP contribution in [-0.4, -0.2) is 35.6 Å². The van der Waals surface area contributed by atoms with Gasteiger partial charge in [0.2, 0.25) is 0 Å². The number of halogens is 3. The average molecular weight is 291 g/mol. The monoisotopic (exact) mass is 291 g/mol. The summed E-state index contributed by atoms with van der Waals surface area (Å²) < 4.78 is 43.8. The van der Waals surface area contributed by atoms with Gasteiger partial charge < -0.3 is 20.3 Å². The first-order chi connectivity index (χ1) is 9.38. The molecule has 1 aliphatic rings. The zero-order valence-corrected chi connectivity index (χ0v) is 10.7. The number of nitrogens with one attached hydrogen (secondary N) is 1. The summed E-state index contributed by atoms with van der Waals surface area (Å²) in [6.45, 7) is -0.502. The van der Waals surface area contributed by atoms with Gasteiger partial charge >= 0.3 is 6.18 Å². The summed E-state index contributed by atoms with van der Waals surface area (Å²) in [5.74, 6) is 0.156. The first kappa shape index (κ1) is 14.9. The number of rotatable bonds is 6. The van der Waals surface area contributed by atoms with E-state index in [1.165, 1.54) is 6.07 Å². The molecule has 0 saturated heterocycles. The van der Waals surface area contributed by atoms with Crippen molar-refractivity contribution in [3.05, 3.63) is 23.8 Å². The van der Waals surface area contributed by atoms with Crippen molar-refractivity contribution in [1.29, 1.82) is 0 Å². The molecule has 0 aliphatic heterocycles. The van der Waals surface area contributed by atoms with E-state index in [9.17, 15) is 18.3 Å². The van der Waals surface area contributed by atoms with Gasteiger partial charge in [-0.05, 0) is 25.0 Å². The Labute approximate surface area is 114 Å². The largest absolute Gasteiger partial charge is 0.490 e. The molecule has 3 N–H and O–H groups in total. The van der Waals surface area contributed by atoms with Crippen LogP contribution in [0.4, 0.5) is 18.9 Å². The highest BCUT2D eigenvalue weighted by molar-refractivity contribution is 5.52. The van der Waals surface area contributed by atoms with Gasteiger partial charge in [0.05, 0.1) is 24.4 Å². The molecular formula is C13H16F3NO3. The number of anilines is 1. The van der Waals surface area contributed by atoms with Gasteiger partial charge in [0.25, 0.3) is 0 Å². The number of alkyl halides is 3. The molecule has 0 bridgehead atoms. The van der Waals surface area contributed by atoms with Gasteiger partial charge in [0.1, 0.15) is 5.75 Å². The third-order valence-electron chi connectivity index (χ3n) is 2.81. The quantitative estimate of drug-likeness (QED) is 0.750. The number of aliphatic hydroxyl groups is 2. The lowest BCUT2D eigenvalue weighted by Gasteiger charge is -2.15. The SMILES string of the molecule is OCC(O)CNc1cc(OC2CC2)cc(C(F)(F)F)c1. The molecule has 0 heterocycles. The predicted molar refractivity (Wildman–Crippen MR) is 66.7 cm³/mol. The van der Waals surface area contributed by atoms with Crippen LogP contribution in [0.5, 0.6) is 5.75 Å². The maximum absolute atomic E-state index is 12.8. The van der Waals surface area contributed by atoms with E-state index in [0.29, 0.717) is 0 Å². The van der Waals surface area contributed by atoms with Gasteiger partial charge in [-0.1, -0.05) is 0 Å². The van der Waals surface area contributed by atoms with Crippen LogP contribution in [0, 0.1) is 0 Å². The topological polar surface area (TPSA) is 61.7 Å². The van der Waals surface area contributed by atoms with Crippen molar-refractivity contribution in [2.45, 2.75) is 31.2 Å². The fraction of sp³-hybridized carbons (Fsp3) is 0.538. The molecule has 1 aromatic rings. The van der Waals surface area contributed by atoms with Gasteiger partial charge in [-0.3, -0.25) is 0 Å². The first-order valence-corrected chi connectivity index (χ1v) is 6.30. The highest BCUT2D eigenvalue weighted by atomic mass is 19.4. The van der Waals surface area contributed by atoms with E-state index in [1.807, 2.05) is 0 Å². The molecule has 7 heteroatoms. The van der Waals surface area contributed by atoms with Gasteiger partial charge in [0.15, 0.2) is 0 Å². The van der Waals surface area contributed by atoms with Gasteiger partial charge in [-0.2, -0.15) is 13.2 Å². The number of benzene rings is 1. The van der Waals surface area contributed by atoms with Gasteiger partial charge in [0, 0.05) is 18.3 Å². The van der Waals surface area contributed by atoms with Gasteiger partial charge in [-0.25, -0.2) is 0 Å². The molecule has 0 aromatic heterocycles. The van der Waals surface area contributed by atoms with Gasteiger partial charge in [-0.15, -0.1) is 0 Å². The second kappa shape index (κ2) is 5.88. The van der Waals surface area contributed by atoms with E-state index >= 15 is 0 Å². The molecule has 4 nitrogen and oxygen atoms in total. The highest BCUT2D eigenvalue weighted by Crippen LogP contribution is 2.36. The summed E-state index contributed by atoms with van der Waals surface area (Å²) in [4.78, 5) is 0. The molecule has 0 radical (unpaired) electrons. The number of hydrogen-bond donors (Lipinski definition) is 3. The minimum atomic E-state index is -4.46. The molecule has 1 unspecified atom stereocenters. The smallest absolute Gasteiger partial charge is 0.416 e.